The van der Waals surface area contributed by atoms with Crippen LogP contribution in [0.3, 0.4) is 0 Å². The maximum Gasteiger partial charge on any atom is -0.172 e. The summed E-state index contributed by atoms with van der Waals surface area (Å²) >= 11 is 1.27. The molecule has 0 radical (unpaired) electrons. The van der Waals surface area contributed by atoms with Gasteiger partial charge in [-0.15, -0.1) is 11.1 Å². The molecule has 30 heavy (non-hydrogen) atoms. The molecular formula is C29H36Hf. The summed E-state index contributed by atoms with van der Waals surface area (Å²) in [5.41, 5.74) is 8.70. The van der Waals surface area contributed by atoms with Gasteiger partial charge in [-0.05, 0) is 28.4 Å². The molecule has 0 aliphatic heterocycles. The van der Waals surface area contributed by atoms with E-state index < -0.39 is 0 Å². The topological polar surface area (TPSA) is 0 Å². The van der Waals surface area contributed by atoms with Crippen molar-refractivity contribution in [2.75, 3.05) is 0 Å². The first-order valence-electron chi connectivity index (χ1n) is 10.8. The van der Waals surface area contributed by atoms with Crippen LogP contribution in [-0.2, 0) is 41.1 Å². The molecule has 3 aromatic rings. The summed E-state index contributed by atoms with van der Waals surface area (Å²) in [7, 11) is 0. The first kappa shape index (κ1) is 24.8. The Hall–Kier alpha value is -1.47. The Morgan fingerprint density at radius 1 is 0.867 bits per heavy atom. The van der Waals surface area contributed by atoms with Gasteiger partial charge < -0.3 is 0 Å². The number of hydrogen-bond acceptors (Lipinski definition) is 0. The van der Waals surface area contributed by atoms with Crippen LogP contribution in [0.2, 0.25) is 0 Å². The van der Waals surface area contributed by atoms with Gasteiger partial charge in [-0.1, -0.05) is 65.3 Å². The molecule has 1 aliphatic carbocycles. The van der Waals surface area contributed by atoms with E-state index in [-0.39, 0.29) is 10.8 Å². The van der Waals surface area contributed by atoms with Crippen LogP contribution in [0.25, 0.3) is 11.1 Å². The van der Waals surface area contributed by atoms with Crippen molar-refractivity contribution < 1.29 is 23.9 Å². The summed E-state index contributed by atoms with van der Waals surface area (Å²) < 4.78 is 1.56. The van der Waals surface area contributed by atoms with Crippen LogP contribution >= 0.6 is 0 Å². The van der Waals surface area contributed by atoms with Crippen molar-refractivity contribution in [1.29, 1.82) is 0 Å². The van der Waals surface area contributed by atoms with Crippen molar-refractivity contribution in [3.05, 3.63) is 89.0 Å². The van der Waals surface area contributed by atoms with Gasteiger partial charge in [0.05, 0.1) is 0 Å². The molecule has 0 saturated carbocycles. The molecule has 0 atom stereocenters. The predicted octanol–water partition coefficient (Wildman–Crippen LogP) is 7.80. The Kier molecular flexibility index (Phi) is 8.45. The monoisotopic (exact) mass is 564 g/mol. The first-order valence-corrected chi connectivity index (χ1v) is 12.6. The van der Waals surface area contributed by atoms with E-state index in [1.54, 1.807) is 3.26 Å². The minimum atomic E-state index is 0.167. The Balaban J connectivity index is 0.000000297. The molecule has 0 bridgehead atoms. The quantitative estimate of drug-likeness (QED) is 0.151. The van der Waals surface area contributed by atoms with Gasteiger partial charge in [-0.25, -0.2) is 12.1 Å². The van der Waals surface area contributed by atoms with E-state index in [4.69, 9.17) is 0 Å². The molecule has 156 valence electrons. The van der Waals surface area contributed by atoms with Gasteiger partial charge in [0, 0.05) is 0 Å². The van der Waals surface area contributed by atoms with Gasteiger partial charge in [0.15, 0.2) is 0 Å². The zero-order valence-electron chi connectivity index (χ0n) is 20.0. The normalized spacial score (nSPS) is 12.1. The van der Waals surface area contributed by atoms with Gasteiger partial charge in [0.25, 0.3) is 0 Å². The van der Waals surface area contributed by atoms with Crippen molar-refractivity contribution >= 4 is 3.26 Å². The minimum Gasteiger partial charge on any atom is -0.214 e. The zero-order valence-corrected chi connectivity index (χ0v) is 23.6. The molecule has 0 N–H and O–H groups in total. The van der Waals surface area contributed by atoms with E-state index in [9.17, 15) is 0 Å². The standard InChI is InChI=1S/C21H25.C5H5.C3H6.Hf/c1-20(2,3)16-7-9-18-14(12-16)11-15-13-17(21(4,5)6)8-10-19(15)18;1-2-4-5-3-1;1-3-2;/h7-10,12H,11H2,1-6H3;1-5H;1-2H3;/q2*-1;;+2. The van der Waals surface area contributed by atoms with Gasteiger partial charge in [0.1, 0.15) is 0 Å². The summed E-state index contributed by atoms with van der Waals surface area (Å²) in [6.45, 7) is 17.9. The summed E-state index contributed by atoms with van der Waals surface area (Å²) in [6, 6.07) is 25.2. The summed E-state index contributed by atoms with van der Waals surface area (Å²) in [5, 5.41) is 0. The van der Waals surface area contributed by atoms with Gasteiger partial charge in [-0.3, -0.25) is 0 Å². The molecule has 0 unspecified atom stereocenters. The van der Waals surface area contributed by atoms with Crippen LogP contribution in [0.1, 0.15) is 77.6 Å². The smallest absolute Gasteiger partial charge is 0.172 e. The molecule has 0 saturated heterocycles. The molecule has 0 spiro atoms. The third-order valence-electron chi connectivity index (χ3n) is 5.02. The minimum absolute atomic E-state index is 0.167. The Bertz CT molecular complexity index is 878. The van der Waals surface area contributed by atoms with E-state index in [0.29, 0.717) is 0 Å². The van der Waals surface area contributed by atoms with Crippen LogP contribution in [0.15, 0.2) is 60.7 Å². The van der Waals surface area contributed by atoms with Gasteiger partial charge in [-0.2, -0.15) is 42.0 Å². The maximum absolute atomic E-state index is 3.67. The molecule has 0 amide bonds. The van der Waals surface area contributed by atoms with Crippen molar-refractivity contribution in [2.45, 2.75) is 72.6 Å². The second-order valence-corrected chi connectivity index (χ2v) is 13.9. The Morgan fingerprint density at radius 3 is 1.90 bits per heavy atom. The van der Waals surface area contributed by atoms with E-state index in [1.807, 2.05) is 30.3 Å². The Morgan fingerprint density at radius 2 is 1.43 bits per heavy atom. The molecule has 0 heterocycles. The first-order chi connectivity index (χ1) is 13.9. The number of rotatable bonds is 0. The van der Waals surface area contributed by atoms with Crippen molar-refractivity contribution in [3.8, 4) is 11.1 Å². The zero-order chi connectivity index (χ0) is 22.5. The van der Waals surface area contributed by atoms with Crippen molar-refractivity contribution in [2.24, 2.45) is 0 Å². The predicted molar refractivity (Wildman–Crippen MR) is 129 cm³/mol. The fourth-order valence-electron chi connectivity index (χ4n) is 3.35. The van der Waals surface area contributed by atoms with E-state index in [2.05, 4.69) is 91.8 Å². The molecule has 0 aromatic heterocycles. The molecule has 0 fully saturated rings. The Labute approximate surface area is 199 Å². The molecule has 1 aliphatic rings. The summed E-state index contributed by atoms with van der Waals surface area (Å²) in [5.74, 6) is 0. The SMILES string of the molecule is CC(C)(C)c1[c-]c2c(cc1)-c1ccc(C(C)(C)C)cc1C2.C[C](C)=[Hf+2].c1cc[cH-]c1. The number of hydrogen-bond donors (Lipinski definition) is 0. The van der Waals surface area contributed by atoms with Crippen LogP contribution in [0.5, 0.6) is 0 Å². The van der Waals surface area contributed by atoms with Crippen molar-refractivity contribution in [1.82, 2.24) is 0 Å². The average Bonchev–Trinajstić information content (AvgIpc) is 3.30. The van der Waals surface area contributed by atoms with Crippen molar-refractivity contribution in [3.63, 3.8) is 0 Å². The van der Waals surface area contributed by atoms with Gasteiger partial charge >= 0.3 is 41.0 Å². The summed E-state index contributed by atoms with van der Waals surface area (Å²) in [4.78, 5) is 0. The molecule has 0 nitrogen and oxygen atoms in total. The van der Waals surface area contributed by atoms with Gasteiger partial charge in [0.2, 0.25) is 0 Å². The third-order valence-corrected chi connectivity index (χ3v) is 5.02. The molecule has 1 heteroatoms. The van der Waals surface area contributed by atoms with E-state index in [1.165, 1.54) is 57.3 Å². The fourth-order valence-corrected chi connectivity index (χ4v) is 3.35. The van der Waals surface area contributed by atoms with E-state index in [0.717, 1.165) is 6.42 Å². The third kappa shape index (κ3) is 7.05. The fraction of sp³-hybridized carbons (Fsp3) is 0.379. The number of benzene rings is 2. The molecule has 4 rings (SSSR count). The summed E-state index contributed by atoms with van der Waals surface area (Å²) in [6.07, 6.45) is 1.03. The van der Waals surface area contributed by atoms with Crippen LogP contribution in [0, 0.1) is 6.07 Å². The second kappa shape index (κ2) is 10.2. The average molecular weight is 563 g/mol. The van der Waals surface area contributed by atoms with Crippen LogP contribution in [-0.4, -0.2) is 3.26 Å². The largest absolute Gasteiger partial charge is 0.214 e. The van der Waals surface area contributed by atoms with E-state index >= 15 is 0 Å². The molecule has 3 aromatic carbocycles. The van der Waals surface area contributed by atoms with Crippen LogP contribution < -0.4 is 0 Å². The molecular weight excluding hydrogens is 527 g/mol. The van der Waals surface area contributed by atoms with Crippen LogP contribution in [0.4, 0.5) is 0 Å². The second-order valence-electron chi connectivity index (χ2n) is 10.3. The number of fused-ring (bicyclic) bond motifs is 3. The maximum atomic E-state index is 3.67.